The monoisotopic (exact) mass is 546 g/mol. The molecule has 9 heteroatoms. The molecule has 0 aliphatic heterocycles. The fraction of sp³-hybridized carbons (Fsp3) is 0.786. The minimum absolute atomic E-state index is 0.196. The second-order valence-corrected chi connectivity index (χ2v) is 10.6. The first-order valence-corrected chi connectivity index (χ1v) is 15.7. The number of rotatable bonds is 25. The van der Waals surface area contributed by atoms with Crippen LogP contribution in [-0.4, -0.2) is 41.0 Å². The highest BCUT2D eigenvalue weighted by Gasteiger charge is 2.22. The molecule has 216 valence electrons. The summed E-state index contributed by atoms with van der Waals surface area (Å²) in [4.78, 5) is 41.9. The fourth-order valence-corrected chi connectivity index (χ4v) is 3.94. The molecule has 0 amide bonds. The number of hydrogen-bond acceptors (Lipinski definition) is 6. The molecule has 0 saturated carbocycles. The lowest BCUT2D eigenvalue weighted by Gasteiger charge is -2.18. The van der Waals surface area contributed by atoms with Crippen LogP contribution in [0.1, 0.15) is 123 Å². The molecule has 1 unspecified atom stereocenters. The summed E-state index contributed by atoms with van der Waals surface area (Å²) in [6, 6.07) is 0. The van der Waals surface area contributed by atoms with Crippen LogP contribution in [-0.2, 0) is 28.2 Å². The molecule has 0 aromatic rings. The number of carbonyl (C=O) groups excluding carboxylic acids is 2. The summed E-state index contributed by atoms with van der Waals surface area (Å²) < 4.78 is 25.8. The van der Waals surface area contributed by atoms with E-state index in [-0.39, 0.29) is 19.4 Å². The SMILES string of the molecule is CCCCC/C=C\C/C=C\CCCCCCCC(=O)OC(COC(=O)CCCCCC)COP(=O)(O)O. The number of phosphoric ester groups is 1. The van der Waals surface area contributed by atoms with Gasteiger partial charge in [-0.1, -0.05) is 89.5 Å². The van der Waals surface area contributed by atoms with E-state index in [1.807, 2.05) is 0 Å². The van der Waals surface area contributed by atoms with Gasteiger partial charge in [-0.15, -0.1) is 0 Å². The smallest absolute Gasteiger partial charge is 0.462 e. The van der Waals surface area contributed by atoms with Crippen LogP contribution < -0.4 is 0 Å². The van der Waals surface area contributed by atoms with Gasteiger partial charge in [-0.2, -0.15) is 0 Å². The average Bonchev–Trinajstić information content (AvgIpc) is 2.85. The Hall–Kier alpha value is -1.47. The Bertz CT molecular complexity index is 671. The van der Waals surface area contributed by atoms with Gasteiger partial charge in [-0.3, -0.25) is 14.1 Å². The van der Waals surface area contributed by atoms with Crippen molar-refractivity contribution >= 4 is 19.8 Å². The lowest BCUT2D eigenvalue weighted by atomic mass is 10.1. The van der Waals surface area contributed by atoms with E-state index in [0.717, 1.165) is 57.8 Å². The first-order chi connectivity index (χ1) is 17.8. The van der Waals surface area contributed by atoms with Gasteiger partial charge in [0.05, 0.1) is 6.61 Å². The molecule has 8 nitrogen and oxygen atoms in total. The first kappa shape index (κ1) is 35.5. The third-order valence-electron chi connectivity index (χ3n) is 5.72. The van der Waals surface area contributed by atoms with E-state index >= 15 is 0 Å². The molecule has 0 spiro atoms. The normalized spacial score (nSPS) is 12.9. The Morgan fingerprint density at radius 1 is 0.703 bits per heavy atom. The minimum atomic E-state index is -4.73. The molecule has 0 aromatic heterocycles. The van der Waals surface area contributed by atoms with E-state index in [9.17, 15) is 14.2 Å². The number of allylic oxidation sites excluding steroid dienone is 4. The van der Waals surface area contributed by atoms with Crippen LogP contribution in [0, 0.1) is 0 Å². The third-order valence-corrected chi connectivity index (χ3v) is 6.21. The van der Waals surface area contributed by atoms with Gasteiger partial charge < -0.3 is 19.3 Å². The van der Waals surface area contributed by atoms with Gasteiger partial charge in [-0.25, -0.2) is 4.57 Å². The maximum Gasteiger partial charge on any atom is 0.469 e. The standard InChI is InChI=1S/C28H51O8P/c1-3-5-7-9-10-11-12-13-14-15-16-17-18-19-21-23-28(30)36-26(25-35-37(31,32)33)24-34-27(29)22-20-8-6-4-2/h10-11,13-14,26H,3-9,12,15-25H2,1-2H3,(H2,31,32,33)/b11-10-,14-13-. The molecule has 37 heavy (non-hydrogen) atoms. The van der Waals surface area contributed by atoms with Gasteiger partial charge in [0, 0.05) is 12.8 Å². The highest BCUT2D eigenvalue weighted by molar-refractivity contribution is 7.46. The Balaban J connectivity index is 4.02. The lowest BCUT2D eigenvalue weighted by Crippen LogP contribution is -2.29. The van der Waals surface area contributed by atoms with Crippen LogP contribution in [0.4, 0.5) is 0 Å². The van der Waals surface area contributed by atoms with Crippen molar-refractivity contribution in [2.75, 3.05) is 13.2 Å². The quantitative estimate of drug-likeness (QED) is 0.0528. The number of esters is 2. The first-order valence-electron chi connectivity index (χ1n) is 14.1. The molecule has 0 aromatic carbocycles. The van der Waals surface area contributed by atoms with Gasteiger partial charge in [0.25, 0.3) is 0 Å². The second-order valence-electron chi connectivity index (χ2n) is 9.37. The molecule has 0 radical (unpaired) electrons. The molecule has 0 saturated heterocycles. The lowest BCUT2D eigenvalue weighted by molar-refractivity contribution is -0.161. The maximum atomic E-state index is 12.2. The van der Waals surface area contributed by atoms with Crippen molar-refractivity contribution in [1.29, 1.82) is 0 Å². The zero-order chi connectivity index (χ0) is 27.6. The molecule has 0 heterocycles. The van der Waals surface area contributed by atoms with Crippen molar-refractivity contribution in [2.45, 2.75) is 129 Å². The van der Waals surface area contributed by atoms with E-state index < -0.39 is 32.5 Å². The molecule has 0 aliphatic carbocycles. The summed E-state index contributed by atoms with van der Waals surface area (Å²) in [6.45, 7) is 3.46. The summed E-state index contributed by atoms with van der Waals surface area (Å²) in [5.74, 6) is -0.925. The van der Waals surface area contributed by atoms with Crippen LogP contribution in [0.2, 0.25) is 0 Å². The number of unbranched alkanes of at least 4 members (excludes halogenated alkanes) is 11. The Morgan fingerprint density at radius 3 is 1.84 bits per heavy atom. The van der Waals surface area contributed by atoms with Crippen molar-refractivity contribution in [2.24, 2.45) is 0 Å². The molecular weight excluding hydrogens is 495 g/mol. The summed E-state index contributed by atoms with van der Waals surface area (Å²) in [7, 11) is -4.73. The largest absolute Gasteiger partial charge is 0.469 e. The van der Waals surface area contributed by atoms with E-state index in [1.165, 1.54) is 25.7 Å². The maximum absolute atomic E-state index is 12.2. The number of hydrogen-bond donors (Lipinski definition) is 2. The predicted molar refractivity (Wildman–Crippen MR) is 147 cm³/mol. The molecule has 2 N–H and O–H groups in total. The topological polar surface area (TPSA) is 119 Å². The molecule has 0 bridgehead atoms. The molecule has 0 fully saturated rings. The van der Waals surface area contributed by atoms with Crippen LogP contribution >= 0.6 is 7.82 Å². The molecular formula is C28H51O8P. The van der Waals surface area contributed by atoms with Crippen molar-refractivity contribution in [3.05, 3.63) is 24.3 Å². The van der Waals surface area contributed by atoms with E-state index in [4.69, 9.17) is 19.3 Å². The van der Waals surface area contributed by atoms with E-state index in [1.54, 1.807) is 0 Å². The second kappa shape index (κ2) is 24.8. The molecule has 0 aliphatic rings. The highest BCUT2D eigenvalue weighted by atomic mass is 31.2. The highest BCUT2D eigenvalue weighted by Crippen LogP contribution is 2.35. The Labute approximate surface area is 224 Å². The Kier molecular flexibility index (Phi) is 23.9. The van der Waals surface area contributed by atoms with Crippen molar-refractivity contribution in [1.82, 2.24) is 0 Å². The van der Waals surface area contributed by atoms with Gasteiger partial charge >= 0.3 is 19.8 Å². The summed E-state index contributed by atoms with van der Waals surface area (Å²) in [5.41, 5.74) is 0. The number of carbonyl (C=O) groups is 2. The van der Waals surface area contributed by atoms with Crippen molar-refractivity contribution in [3.8, 4) is 0 Å². The zero-order valence-electron chi connectivity index (χ0n) is 23.1. The minimum Gasteiger partial charge on any atom is -0.462 e. The molecule has 0 rings (SSSR count). The predicted octanol–water partition coefficient (Wildman–Crippen LogP) is 7.33. The zero-order valence-corrected chi connectivity index (χ0v) is 24.0. The summed E-state index contributed by atoms with van der Waals surface area (Å²) >= 11 is 0. The van der Waals surface area contributed by atoms with Crippen LogP contribution in [0.5, 0.6) is 0 Å². The van der Waals surface area contributed by atoms with Gasteiger partial charge in [0.1, 0.15) is 6.61 Å². The van der Waals surface area contributed by atoms with Gasteiger partial charge in [-0.05, 0) is 44.9 Å². The van der Waals surface area contributed by atoms with E-state index in [0.29, 0.717) is 12.8 Å². The van der Waals surface area contributed by atoms with Crippen molar-refractivity contribution in [3.63, 3.8) is 0 Å². The van der Waals surface area contributed by atoms with Crippen LogP contribution in [0.25, 0.3) is 0 Å². The van der Waals surface area contributed by atoms with Gasteiger partial charge in [0.15, 0.2) is 6.10 Å². The summed E-state index contributed by atoms with van der Waals surface area (Å²) in [6.07, 6.45) is 23.9. The third kappa shape index (κ3) is 27.4. The van der Waals surface area contributed by atoms with Crippen LogP contribution in [0.15, 0.2) is 24.3 Å². The van der Waals surface area contributed by atoms with Crippen molar-refractivity contribution < 1.29 is 37.9 Å². The fourth-order valence-electron chi connectivity index (χ4n) is 3.58. The van der Waals surface area contributed by atoms with Crippen LogP contribution in [0.3, 0.4) is 0 Å². The summed E-state index contributed by atoms with van der Waals surface area (Å²) in [5, 5.41) is 0. The van der Waals surface area contributed by atoms with Gasteiger partial charge in [0.2, 0.25) is 0 Å². The Morgan fingerprint density at radius 2 is 1.22 bits per heavy atom. The number of phosphoric acid groups is 1. The molecule has 1 atom stereocenters. The number of ether oxygens (including phenoxy) is 2. The average molecular weight is 547 g/mol. The van der Waals surface area contributed by atoms with E-state index in [2.05, 4.69) is 42.7 Å².